The number of carbonyl (C=O) groups is 2. The molecule has 1 unspecified atom stereocenters. The van der Waals surface area contributed by atoms with E-state index < -0.39 is 0 Å². The van der Waals surface area contributed by atoms with Gasteiger partial charge in [-0.15, -0.1) is 11.3 Å². The summed E-state index contributed by atoms with van der Waals surface area (Å²) in [4.78, 5) is 29.0. The van der Waals surface area contributed by atoms with Crippen molar-refractivity contribution in [2.24, 2.45) is 0 Å². The lowest BCUT2D eigenvalue weighted by atomic mass is 10.2. The van der Waals surface area contributed by atoms with Gasteiger partial charge in [0.25, 0.3) is 5.91 Å². The van der Waals surface area contributed by atoms with E-state index >= 15 is 0 Å². The number of ether oxygens (including phenoxy) is 1. The lowest BCUT2D eigenvalue weighted by Gasteiger charge is -2.23. The fourth-order valence-electron chi connectivity index (χ4n) is 3.49. The first-order valence-corrected chi connectivity index (χ1v) is 10.0. The van der Waals surface area contributed by atoms with Gasteiger partial charge in [-0.3, -0.25) is 9.59 Å². The Morgan fingerprint density at radius 2 is 2.19 bits per heavy atom. The van der Waals surface area contributed by atoms with Crippen LogP contribution >= 0.6 is 11.3 Å². The Morgan fingerprint density at radius 1 is 1.33 bits per heavy atom. The molecular formula is C20H26N3O3S+. The normalized spacial score (nSPS) is 18.9. The molecular weight excluding hydrogens is 362 g/mol. The number of hydrogen-bond donors (Lipinski definition) is 2. The number of amides is 2. The van der Waals surface area contributed by atoms with Crippen LogP contribution in [0.4, 0.5) is 5.69 Å². The van der Waals surface area contributed by atoms with Crippen LogP contribution in [0.25, 0.3) is 0 Å². The topological polar surface area (TPSA) is 63.1 Å². The van der Waals surface area contributed by atoms with Crippen LogP contribution in [0.3, 0.4) is 0 Å². The Hall–Kier alpha value is -2.38. The summed E-state index contributed by atoms with van der Waals surface area (Å²) in [5.41, 5.74) is 0.656. The fraction of sp³-hybridized carbons (Fsp3) is 0.400. The zero-order valence-corrected chi connectivity index (χ0v) is 16.6. The largest absolute Gasteiger partial charge is 0.497 e. The number of likely N-dealkylation sites (N-methyl/N-ethyl adjacent to an activating group) is 1. The standard InChI is InChI=1S/C20H25N3O3S/c1-22(13-19(24)21-15-6-3-7-16(12-15)26-2)20(25)14-23-10-4-8-17(23)18-9-5-11-27-18/h3,5-7,9,11-12,17H,4,8,10,13-14H2,1-2H3,(H,21,24)/p+1/t17-/m1/s1. The third-order valence-corrected chi connectivity index (χ3v) is 5.89. The number of rotatable bonds is 7. The molecule has 1 aliphatic heterocycles. The molecule has 1 aliphatic rings. The van der Waals surface area contributed by atoms with Crippen molar-refractivity contribution in [1.29, 1.82) is 0 Å². The van der Waals surface area contributed by atoms with Gasteiger partial charge in [0.2, 0.25) is 5.91 Å². The maximum absolute atomic E-state index is 12.6. The highest BCUT2D eigenvalue weighted by Crippen LogP contribution is 2.23. The highest BCUT2D eigenvalue weighted by molar-refractivity contribution is 7.10. The van der Waals surface area contributed by atoms with Gasteiger partial charge >= 0.3 is 0 Å². The summed E-state index contributed by atoms with van der Waals surface area (Å²) >= 11 is 1.75. The van der Waals surface area contributed by atoms with E-state index in [4.69, 9.17) is 4.74 Å². The Balaban J connectivity index is 1.51. The van der Waals surface area contributed by atoms with Crippen LogP contribution in [0, 0.1) is 0 Å². The Kier molecular flexibility index (Phi) is 6.47. The van der Waals surface area contributed by atoms with Crippen molar-refractivity contribution in [2.45, 2.75) is 18.9 Å². The molecule has 6 nitrogen and oxygen atoms in total. The van der Waals surface area contributed by atoms with Gasteiger partial charge in [0.1, 0.15) is 11.8 Å². The smallest absolute Gasteiger partial charge is 0.277 e. The molecule has 1 aromatic carbocycles. The highest BCUT2D eigenvalue weighted by atomic mass is 32.1. The van der Waals surface area contributed by atoms with Gasteiger partial charge < -0.3 is 19.9 Å². The molecule has 3 rings (SSSR count). The van der Waals surface area contributed by atoms with Gasteiger partial charge in [-0.1, -0.05) is 12.1 Å². The number of nitrogens with one attached hydrogen (secondary N) is 2. The first-order chi connectivity index (χ1) is 13.1. The number of carbonyl (C=O) groups excluding carboxylic acids is 2. The molecule has 2 atom stereocenters. The van der Waals surface area contributed by atoms with Crippen LogP contribution < -0.4 is 15.0 Å². The van der Waals surface area contributed by atoms with Crippen molar-refractivity contribution in [1.82, 2.24) is 4.90 Å². The predicted octanol–water partition coefficient (Wildman–Crippen LogP) is 1.57. The van der Waals surface area contributed by atoms with Gasteiger partial charge in [0.05, 0.1) is 25.1 Å². The molecule has 0 bridgehead atoms. The van der Waals surface area contributed by atoms with E-state index in [0.717, 1.165) is 19.4 Å². The quantitative estimate of drug-likeness (QED) is 0.757. The molecule has 1 fully saturated rings. The molecule has 7 heteroatoms. The highest BCUT2D eigenvalue weighted by Gasteiger charge is 2.33. The molecule has 27 heavy (non-hydrogen) atoms. The minimum atomic E-state index is -0.217. The van der Waals surface area contributed by atoms with E-state index in [9.17, 15) is 9.59 Å². The number of quaternary nitrogens is 1. The number of anilines is 1. The molecule has 2 amide bonds. The van der Waals surface area contributed by atoms with E-state index in [1.165, 1.54) is 14.7 Å². The van der Waals surface area contributed by atoms with Gasteiger partial charge in [-0.05, 0) is 23.6 Å². The molecule has 0 aliphatic carbocycles. The van der Waals surface area contributed by atoms with Crippen LogP contribution in [0.5, 0.6) is 5.75 Å². The third-order valence-electron chi connectivity index (χ3n) is 4.91. The minimum absolute atomic E-state index is 0.00533. The predicted molar refractivity (Wildman–Crippen MR) is 106 cm³/mol. The van der Waals surface area contributed by atoms with Crippen LogP contribution in [0.15, 0.2) is 41.8 Å². The van der Waals surface area contributed by atoms with Gasteiger partial charge in [0, 0.05) is 31.6 Å². The summed E-state index contributed by atoms with van der Waals surface area (Å²) < 4.78 is 5.15. The summed E-state index contributed by atoms with van der Waals surface area (Å²) in [6.45, 7) is 1.46. The Labute approximate surface area is 163 Å². The molecule has 1 aromatic heterocycles. The van der Waals surface area contributed by atoms with Gasteiger partial charge in [0.15, 0.2) is 6.54 Å². The van der Waals surface area contributed by atoms with Gasteiger partial charge in [-0.2, -0.15) is 0 Å². The number of hydrogen-bond acceptors (Lipinski definition) is 4. The third kappa shape index (κ3) is 5.08. The minimum Gasteiger partial charge on any atom is -0.497 e. The van der Waals surface area contributed by atoms with Crippen LogP contribution in [0.1, 0.15) is 23.8 Å². The lowest BCUT2D eigenvalue weighted by Crippen LogP contribution is -3.11. The van der Waals surface area contributed by atoms with Crippen molar-refractivity contribution >= 4 is 28.8 Å². The van der Waals surface area contributed by atoms with E-state index in [0.29, 0.717) is 24.0 Å². The first-order valence-electron chi connectivity index (χ1n) is 9.12. The fourth-order valence-corrected chi connectivity index (χ4v) is 4.41. The molecule has 2 N–H and O–H groups in total. The van der Waals surface area contributed by atoms with Crippen molar-refractivity contribution in [3.8, 4) is 5.75 Å². The number of nitrogens with zero attached hydrogens (tertiary/aromatic N) is 1. The molecule has 2 aromatic rings. The Morgan fingerprint density at radius 3 is 2.93 bits per heavy atom. The molecule has 1 saturated heterocycles. The van der Waals surface area contributed by atoms with Crippen LogP contribution in [-0.2, 0) is 9.59 Å². The summed E-state index contributed by atoms with van der Waals surface area (Å²) in [5, 5.41) is 4.89. The summed E-state index contributed by atoms with van der Waals surface area (Å²) in [5.74, 6) is 0.453. The van der Waals surface area contributed by atoms with Gasteiger partial charge in [-0.25, -0.2) is 0 Å². The van der Waals surface area contributed by atoms with E-state index in [-0.39, 0.29) is 18.4 Å². The number of likely N-dealkylation sites (tertiary alicyclic amines) is 1. The summed E-state index contributed by atoms with van der Waals surface area (Å²) in [6.07, 6.45) is 2.24. The summed E-state index contributed by atoms with van der Waals surface area (Å²) in [6, 6.07) is 11.8. The second kappa shape index (κ2) is 9.01. The monoisotopic (exact) mass is 388 g/mol. The average molecular weight is 389 g/mol. The molecule has 2 heterocycles. The maximum Gasteiger partial charge on any atom is 0.277 e. The van der Waals surface area contributed by atoms with E-state index in [2.05, 4.69) is 22.8 Å². The number of thiophene rings is 1. The molecule has 0 saturated carbocycles. The van der Waals surface area contributed by atoms with E-state index in [1.807, 2.05) is 12.1 Å². The van der Waals surface area contributed by atoms with Crippen molar-refractivity contribution in [3.05, 3.63) is 46.7 Å². The molecule has 144 valence electrons. The zero-order valence-electron chi connectivity index (χ0n) is 15.7. The zero-order chi connectivity index (χ0) is 19.2. The van der Waals surface area contributed by atoms with Crippen molar-refractivity contribution in [2.75, 3.05) is 39.1 Å². The lowest BCUT2D eigenvalue weighted by molar-refractivity contribution is -0.910. The average Bonchev–Trinajstić information content (AvgIpc) is 3.33. The number of benzene rings is 1. The van der Waals surface area contributed by atoms with E-state index in [1.54, 1.807) is 37.6 Å². The second-order valence-electron chi connectivity index (χ2n) is 6.83. The maximum atomic E-state index is 12.6. The Bertz CT molecular complexity index is 779. The molecule has 0 spiro atoms. The van der Waals surface area contributed by atoms with Crippen molar-refractivity contribution < 1.29 is 19.2 Å². The SMILES string of the molecule is COc1cccc(NC(=O)CN(C)C(=O)C[NH+]2CCC[C@@H]2c2cccs2)c1. The number of methoxy groups -OCH3 is 1. The summed E-state index contributed by atoms with van der Waals surface area (Å²) in [7, 11) is 3.26. The first kappa shape index (κ1) is 19.4. The van der Waals surface area contributed by atoms with Crippen LogP contribution in [0.2, 0.25) is 0 Å². The van der Waals surface area contributed by atoms with Crippen LogP contribution in [-0.4, -0.2) is 50.5 Å². The van der Waals surface area contributed by atoms with Crippen molar-refractivity contribution in [3.63, 3.8) is 0 Å². The molecule has 0 radical (unpaired) electrons. The second-order valence-corrected chi connectivity index (χ2v) is 7.80.